The SMILES string of the molecule is CNS(=O)(=O)c1ccc(C(=O)Nc2ncn[nH]2)o1. The molecule has 2 rings (SSSR count). The van der Waals surface area contributed by atoms with Gasteiger partial charge in [0.25, 0.3) is 15.9 Å². The van der Waals surface area contributed by atoms with E-state index in [2.05, 4.69) is 25.2 Å². The maximum absolute atomic E-state index is 11.6. The van der Waals surface area contributed by atoms with E-state index in [-0.39, 0.29) is 16.8 Å². The van der Waals surface area contributed by atoms with Gasteiger partial charge in [-0.1, -0.05) is 0 Å². The molecule has 0 saturated carbocycles. The number of hydrogen-bond acceptors (Lipinski definition) is 6. The van der Waals surface area contributed by atoms with Gasteiger partial charge in [0.1, 0.15) is 6.33 Å². The molecule has 0 radical (unpaired) electrons. The molecule has 0 aliphatic carbocycles. The average molecular weight is 271 g/mol. The maximum atomic E-state index is 11.6. The highest BCUT2D eigenvalue weighted by Crippen LogP contribution is 2.14. The molecule has 9 nitrogen and oxygen atoms in total. The molecule has 2 aromatic rings. The Bertz CT molecular complexity index is 645. The second-order valence-electron chi connectivity index (χ2n) is 3.11. The summed E-state index contributed by atoms with van der Waals surface area (Å²) in [6.07, 6.45) is 1.22. The van der Waals surface area contributed by atoms with E-state index in [1.165, 1.54) is 25.5 Å². The molecule has 3 N–H and O–H groups in total. The number of H-pyrrole nitrogens is 1. The van der Waals surface area contributed by atoms with Crippen LogP contribution in [0.25, 0.3) is 0 Å². The monoisotopic (exact) mass is 271 g/mol. The first kappa shape index (κ1) is 12.3. The zero-order chi connectivity index (χ0) is 13.2. The van der Waals surface area contributed by atoms with Crippen molar-refractivity contribution < 1.29 is 17.6 Å². The summed E-state index contributed by atoms with van der Waals surface area (Å²) in [5.74, 6) is -0.654. The van der Waals surface area contributed by atoms with Crippen molar-refractivity contribution in [1.82, 2.24) is 19.9 Å². The minimum Gasteiger partial charge on any atom is -0.438 e. The quantitative estimate of drug-likeness (QED) is 0.691. The predicted octanol–water partition coefficient (Wildman–Crippen LogP) is -0.442. The van der Waals surface area contributed by atoms with E-state index < -0.39 is 15.9 Å². The van der Waals surface area contributed by atoms with E-state index in [0.29, 0.717) is 0 Å². The van der Waals surface area contributed by atoms with E-state index in [1.54, 1.807) is 0 Å². The summed E-state index contributed by atoms with van der Waals surface area (Å²) in [6.45, 7) is 0. The first-order chi connectivity index (χ1) is 8.53. The van der Waals surface area contributed by atoms with Crippen LogP contribution in [0.2, 0.25) is 0 Å². The smallest absolute Gasteiger partial charge is 0.293 e. The van der Waals surface area contributed by atoms with Gasteiger partial charge in [-0.15, -0.1) is 0 Å². The number of hydrogen-bond donors (Lipinski definition) is 3. The summed E-state index contributed by atoms with van der Waals surface area (Å²) >= 11 is 0. The van der Waals surface area contributed by atoms with Crippen molar-refractivity contribution in [3.05, 3.63) is 24.2 Å². The lowest BCUT2D eigenvalue weighted by molar-refractivity contribution is 0.0990. The first-order valence-electron chi connectivity index (χ1n) is 4.73. The van der Waals surface area contributed by atoms with E-state index in [1.807, 2.05) is 0 Å². The fourth-order valence-corrected chi connectivity index (χ4v) is 1.77. The van der Waals surface area contributed by atoms with Crippen molar-refractivity contribution in [3.63, 3.8) is 0 Å². The van der Waals surface area contributed by atoms with Crippen LogP contribution in [-0.4, -0.2) is 36.6 Å². The summed E-state index contributed by atoms with van der Waals surface area (Å²) in [7, 11) is -2.46. The van der Waals surface area contributed by atoms with Gasteiger partial charge >= 0.3 is 0 Å². The number of carbonyl (C=O) groups excluding carboxylic acids is 1. The van der Waals surface area contributed by atoms with Crippen molar-refractivity contribution >= 4 is 21.9 Å². The number of nitrogens with zero attached hydrogens (tertiary/aromatic N) is 2. The number of rotatable bonds is 4. The highest BCUT2D eigenvalue weighted by atomic mass is 32.2. The fraction of sp³-hybridized carbons (Fsp3) is 0.125. The molecular weight excluding hydrogens is 262 g/mol. The van der Waals surface area contributed by atoms with Crippen LogP contribution in [0.3, 0.4) is 0 Å². The summed E-state index contributed by atoms with van der Waals surface area (Å²) < 4.78 is 29.8. The van der Waals surface area contributed by atoms with Gasteiger partial charge in [0.15, 0.2) is 5.76 Å². The Morgan fingerprint density at radius 1 is 1.44 bits per heavy atom. The number of anilines is 1. The van der Waals surface area contributed by atoms with Crippen molar-refractivity contribution in [3.8, 4) is 0 Å². The van der Waals surface area contributed by atoms with Crippen LogP contribution >= 0.6 is 0 Å². The minimum absolute atomic E-state index is 0.134. The average Bonchev–Trinajstić information content (AvgIpc) is 2.99. The van der Waals surface area contributed by atoms with Crippen LogP contribution in [0.4, 0.5) is 5.95 Å². The Labute approximate surface area is 102 Å². The zero-order valence-corrected chi connectivity index (χ0v) is 9.98. The second kappa shape index (κ2) is 4.58. The molecule has 0 atom stereocenters. The molecular formula is C8H9N5O4S. The standard InChI is InChI=1S/C8H9N5O4S/c1-9-18(15,16)6-3-2-5(17-6)7(14)12-8-10-4-11-13-8/h2-4,9H,1H3,(H2,10,11,12,13,14). The Morgan fingerprint density at radius 2 is 2.22 bits per heavy atom. The molecule has 18 heavy (non-hydrogen) atoms. The molecule has 0 fully saturated rings. The summed E-state index contributed by atoms with van der Waals surface area (Å²) in [5.41, 5.74) is 0. The first-order valence-corrected chi connectivity index (χ1v) is 6.21. The largest absolute Gasteiger partial charge is 0.438 e. The van der Waals surface area contributed by atoms with Crippen molar-refractivity contribution in [1.29, 1.82) is 0 Å². The lowest BCUT2D eigenvalue weighted by Gasteiger charge is -1.98. The molecule has 1 amide bonds. The summed E-state index contributed by atoms with van der Waals surface area (Å²) in [5, 5.41) is 7.96. The third-order valence-corrected chi connectivity index (χ3v) is 3.27. The third kappa shape index (κ3) is 2.38. The summed E-state index contributed by atoms with van der Waals surface area (Å²) in [6, 6.07) is 2.43. The molecule has 0 aliphatic heterocycles. The fourth-order valence-electron chi connectivity index (χ4n) is 1.12. The molecule has 0 saturated heterocycles. The van der Waals surface area contributed by atoms with Gasteiger partial charge in [-0.25, -0.2) is 18.2 Å². The Hall–Kier alpha value is -2.20. The maximum Gasteiger partial charge on any atom is 0.293 e. The Morgan fingerprint density at radius 3 is 2.83 bits per heavy atom. The van der Waals surface area contributed by atoms with Crippen molar-refractivity contribution in [2.45, 2.75) is 5.09 Å². The topological polar surface area (TPSA) is 130 Å². The van der Waals surface area contributed by atoms with Crippen LogP contribution < -0.4 is 10.0 Å². The second-order valence-corrected chi connectivity index (χ2v) is 4.93. The van der Waals surface area contributed by atoms with Crippen LogP contribution in [0.5, 0.6) is 0 Å². The van der Waals surface area contributed by atoms with E-state index in [4.69, 9.17) is 4.42 Å². The van der Waals surface area contributed by atoms with Crippen molar-refractivity contribution in [2.24, 2.45) is 0 Å². The van der Waals surface area contributed by atoms with Crippen LogP contribution in [0.15, 0.2) is 28.0 Å². The Balaban J connectivity index is 2.18. The highest BCUT2D eigenvalue weighted by Gasteiger charge is 2.19. The molecule has 0 aromatic carbocycles. The number of carbonyl (C=O) groups is 1. The van der Waals surface area contributed by atoms with Gasteiger partial charge < -0.3 is 4.42 Å². The molecule has 0 spiro atoms. The lowest BCUT2D eigenvalue weighted by atomic mass is 10.4. The zero-order valence-electron chi connectivity index (χ0n) is 9.17. The van der Waals surface area contributed by atoms with E-state index >= 15 is 0 Å². The number of nitrogens with one attached hydrogen (secondary N) is 3. The number of aromatic amines is 1. The van der Waals surface area contributed by atoms with Crippen LogP contribution in [0, 0.1) is 0 Å². The highest BCUT2D eigenvalue weighted by molar-refractivity contribution is 7.89. The molecule has 96 valence electrons. The number of amides is 1. The molecule has 2 heterocycles. The van der Waals surface area contributed by atoms with Gasteiger partial charge in [0.05, 0.1) is 0 Å². The van der Waals surface area contributed by atoms with Gasteiger partial charge in [-0.05, 0) is 19.2 Å². The molecule has 0 aliphatic rings. The summed E-state index contributed by atoms with van der Waals surface area (Å²) in [4.78, 5) is 15.3. The van der Waals surface area contributed by atoms with Crippen molar-refractivity contribution in [2.75, 3.05) is 12.4 Å². The van der Waals surface area contributed by atoms with Gasteiger partial charge in [0.2, 0.25) is 11.0 Å². The third-order valence-electron chi connectivity index (χ3n) is 1.99. The molecule has 0 unspecified atom stereocenters. The number of furan rings is 1. The number of aromatic nitrogens is 3. The molecule has 0 bridgehead atoms. The molecule has 10 heteroatoms. The van der Waals surface area contributed by atoms with Crippen LogP contribution in [0.1, 0.15) is 10.6 Å². The minimum atomic E-state index is -3.71. The molecule has 2 aromatic heterocycles. The predicted molar refractivity (Wildman–Crippen MR) is 59.3 cm³/mol. The Kier molecular flexibility index (Phi) is 3.12. The normalized spacial score (nSPS) is 11.4. The van der Waals surface area contributed by atoms with E-state index in [9.17, 15) is 13.2 Å². The lowest BCUT2D eigenvalue weighted by Crippen LogP contribution is -2.18. The van der Waals surface area contributed by atoms with Gasteiger partial charge in [-0.2, -0.15) is 10.1 Å². The van der Waals surface area contributed by atoms with E-state index in [0.717, 1.165) is 0 Å². The van der Waals surface area contributed by atoms with Crippen LogP contribution in [-0.2, 0) is 10.0 Å². The van der Waals surface area contributed by atoms with Gasteiger partial charge in [0, 0.05) is 0 Å². The number of sulfonamides is 1. The van der Waals surface area contributed by atoms with Gasteiger partial charge in [-0.3, -0.25) is 10.1 Å².